The number of halogens is 1. The molecule has 3 amide bonds. The summed E-state index contributed by atoms with van der Waals surface area (Å²) >= 11 is 9.37. The van der Waals surface area contributed by atoms with Gasteiger partial charge in [0, 0.05) is 39.7 Å². The molecule has 4 fully saturated rings. The van der Waals surface area contributed by atoms with Crippen LogP contribution in [0.5, 0.6) is 11.5 Å². The molecule has 2 aliphatic carbocycles. The molecule has 3 aliphatic heterocycles. The number of thioether (sulfide) groups is 1. The van der Waals surface area contributed by atoms with Crippen molar-refractivity contribution in [2.24, 2.45) is 29.6 Å². The van der Waals surface area contributed by atoms with Crippen LogP contribution in [0.4, 0.5) is 5.69 Å². The molecule has 4 heterocycles. The molecule has 2 saturated carbocycles. The molecule has 8 rings (SSSR count). The van der Waals surface area contributed by atoms with Gasteiger partial charge in [0.05, 0.1) is 42.9 Å². The number of carbonyl (C=O) groups is 3. The average Bonchev–Trinajstić information content (AvgIpc) is 3.79. The summed E-state index contributed by atoms with van der Waals surface area (Å²) in [7, 11) is 1.57. The lowest BCUT2D eigenvalue weighted by Gasteiger charge is -2.43. The molecule has 7 atom stereocenters. The Kier molecular flexibility index (Phi) is 7.23. The molecule has 1 N–H and O–H groups in total. The molecule has 0 radical (unpaired) electrons. The second kappa shape index (κ2) is 11.2. The lowest BCUT2D eigenvalue weighted by molar-refractivity contribution is -0.137. The summed E-state index contributed by atoms with van der Waals surface area (Å²) in [6.07, 6.45) is 0.757. The number of imide groups is 1. The van der Waals surface area contributed by atoms with Gasteiger partial charge >= 0.3 is 4.87 Å². The lowest BCUT2D eigenvalue weighted by atomic mass is 9.68. The normalized spacial score (nSPS) is 29.9. The van der Waals surface area contributed by atoms with E-state index in [0.29, 0.717) is 48.5 Å². The summed E-state index contributed by atoms with van der Waals surface area (Å²) in [4.78, 5) is 60.5. The van der Waals surface area contributed by atoms with Crippen LogP contribution in [0.1, 0.15) is 22.8 Å². The van der Waals surface area contributed by atoms with Gasteiger partial charge in [-0.2, -0.15) is 0 Å². The number of hydrogen-bond donors (Lipinski definition) is 1. The van der Waals surface area contributed by atoms with Crippen molar-refractivity contribution in [2.45, 2.75) is 22.6 Å². The number of benzene rings is 2. The maximum atomic E-state index is 14.1. The SMILES string of the molecule is COc1ccc(N2C(=O)C3C(C2=O)[C@@H]2C[C@H]3C3Sc4[nH]c(=O)sc4[C@H](c4cc(Cl)ccc4OCC(=O)N4CCOCC4)C32)cc1. The number of anilines is 1. The fraction of sp³-hybridized carbons (Fsp3) is 0.438. The number of rotatable bonds is 6. The van der Waals surface area contributed by atoms with Crippen LogP contribution in [-0.4, -0.2) is 72.9 Å². The van der Waals surface area contributed by atoms with E-state index >= 15 is 0 Å². The Hall–Kier alpha value is -3.32. The highest BCUT2D eigenvalue weighted by Gasteiger charge is 2.69. The van der Waals surface area contributed by atoms with Crippen molar-refractivity contribution < 1.29 is 28.6 Å². The van der Waals surface area contributed by atoms with E-state index in [1.165, 1.54) is 4.90 Å². The van der Waals surface area contributed by atoms with Crippen molar-refractivity contribution in [1.29, 1.82) is 0 Å². The Balaban J connectivity index is 1.15. The minimum absolute atomic E-state index is 0.00776. The molecule has 45 heavy (non-hydrogen) atoms. The van der Waals surface area contributed by atoms with Gasteiger partial charge in [0.15, 0.2) is 6.61 Å². The summed E-state index contributed by atoms with van der Waals surface area (Å²) in [6, 6.07) is 12.4. The van der Waals surface area contributed by atoms with Crippen molar-refractivity contribution in [3.63, 3.8) is 0 Å². The van der Waals surface area contributed by atoms with Crippen molar-refractivity contribution in [2.75, 3.05) is 44.9 Å². The zero-order chi connectivity index (χ0) is 31.0. The van der Waals surface area contributed by atoms with E-state index in [2.05, 4.69) is 4.98 Å². The first kappa shape index (κ1) is 29.1. The molecule has 5 aliphatic rings. The first-order valence-electron chi connectivity index (χ1n) is 15.0. The Labute approximate surface area is 272 Å². The molecular weight excluding hydrogens is 638 g/mol. The number of ether oxygens (including phenoxy) is 3. The second-order valence-corrected chi connectivity index (χ2v) is 14.8. The van der Waals surface area contributed by atoms with Crippen LogP contribution in [0, 0.1) is 29.6 Å². The number of thiazole rings is 1. The van der Waals surface area contributed by atoms with Gasteiger partial charge < -0.3 is 24.1 Å². The highest BCUT2D eigenvalue weighted by atomic mass is 35.5. The van der Waals surface area contributed by atoms with E-state index in [9.17, 15) is 19.2 Å². The number of H-pyrrole nitrogens is 1. The number of methoxy groups -OCH3 is 1. The molecular formula is C32H30ClN3O7S2. The molecule has 2 aromatic carbocycles. The number of aromatic nitrogens is 1. The van der Waals surface area contributed by atoms with E-state index < -0.39 is 11.8 Å². The van der Waals surface area contributed by atoms with Gasteiger partial charge in [-0.05, 0) is 66.6 Å². The number of amides is 3. The van der Waals surface area contributed by atoms with Gasteiger partial charge in [0.25, 0.3) is 5.91 Å². The van der Waals surface area contributed by atoms with Gasteiger partial charge in [-0.3, -0.25) is 24.1 Å². The van der Waals surface area contributed by atoms with Crippen LogP contribution in [0.3, 0.4) is 0 Å². The van der Waals surface area contributed by atoms with Crippen LogP contribution in [0.2, 0.25) is 5.02 Å². The highest BCUT2D eigenvalue weighted by Crippen LogP contribution is 2.69. The first-order valence-corrected chi connectivity index (χ1v) is 17.1. The fourth-order valence-electron chi connectivity index (χ4n) is 8.29. The van der Waals surface area contributed by atoms with Crippen LogP contribution in [0.25, 0.3) is 0 Å². The van der Waals surface area contributed by atoms with Gasteiger partial charge in [0.1, 0.15) is 11.5 Å². The quantitative estimate of drug-likeness (QED) is 0.392. The molecule has 10 nitrogen and oxygen atoms in total. The minimum atomic E-state index is -0.447. The van der Waals surface area contributed by atoms with E-state index in [1.807, 2.05) is 6.07 Å². The monoisotopic (exact) mass is 667 g/mol. The molecule has 2 bridgehead atoms. The number of fused-ring (bicyclic) bond motifs is 9. The molecule has 0 spiro atoms. The van der Waals surface area contributed by atoms with E-state index in [1.54, 1.807) is 60.2 Å². The third kappa shape index (κ3) is 4.63. The number of hydrogen-bond acceptors (Lipinski definition) is 9. The fourth-order valence-corrected chi connectivity index (χ4v) is 11.3. The molecule has 2 saturated heterocycles. The maximum absolute atomic E-state index is 14.1. The molecule has 234 valence electrons. The largest absolute Gasteiger partial charge is 0.497 e. The number of nitrogens with one attached hydrogen (secondary N) is 1. The number of morpholine rings is 1. The van der Waals surface area contributed by atoms with Gasteiger partial charge in [-0.25, -0.2) is 0 Å². The third-order valence-electron chi connectivity index (χ3n) is 10.1. The molecule has 4 unspecified atom stereocenters. The summed E-state index contributed by atoms with van der Waals surface area (Å²) in [5.74, 6) is -0.571. The summed E-state index contributed by atoms with van der Waals surface area (Å²) in [5, 5.41) is 1.31. The van der Waals surface area contributed by atoms with E-state index in [4.69, 9.17) is 25.8 Å². The first-order chi connectivity index (χ1) is 21.8. The smallest absolute Gasteiger partial charge is 0.305 e. The van der Waals surface area contributed by atoms with Crippen LogP contribution < -0.4 is 19.2 Å². The Bertz CT molecular complexity index is 1750. The minimum Gasteiger partial charge on any atom is -0.497 e. The number of carbonyl (C=O) groups excluding carboxylic acids is 3. The second-order valence-electron chi connectivity index (χ2n) is 12.1. The van der Waals surface area contributed by atoms with Crippen molar-refractivity contribution >= 4 is 58.1 Å². The zero-order valence-electron chi connectivity index (χ0n) is 24.3. The Morgan fingerprint density at radius 1 is 1.04 bits per heavy atom. The molecule has 1 aromatic heterocycles. The van der Waals surface area contributed by atoms with Gasteiger partial charge in [0.2, 0.25) is 11.8 Å². The van der Waals surface area contributed by atoms with Crippen LogP contribution in [-0.2, 0) is 19.1 Å². The lowest BCUT2D eigenvalue weighted by Crippen LogP contribution is -2.43. The number of aromatic amines is 1. The summed E-state index contributed by atoms with van der Waals surface area (Å²) in [5.41, 5.74) is 1.34. The van der Waals surface area contributed by atoms with Gasteiger partial charge in [-0.1, -0.05) is 22.9 Å². The predicted octanol–water partition coefficient (Wildman–Crippen LogP) is 4.01. The van der Waals surface area contributed by atoms with Crippen molar-refractivity contribution in [3.8, 4) is 11.5 Å². The van der Waals surface area contributed by atoms with Crippen LogP contribution >= 0.6 is 34.7 Å². The highest BCUT2D eigenvalue weighted by molar-refractivity contribution is 8.00. The number of nitrogens with zero attached hydrogens (tertiary/aromatic N) is 2. The standard InChI is InChI=1S/C32H30ClN3O7S2/c1-41-17-5-3-16(4-6-17)36-30(38)25-19-13-20(26(25)31(36)39)27-24(19)23(28-29(44-27)34-32(40)45-28)18-12-15(33)2-7-21(18)43-14-22(37)35-8-10-42-11-9-35/h2-7,12,19-20,23-27H,8-11,13-14H2,1H3,(H,34,40)/t19-,20-,23-,24?,25?,26?,27?/m1/s1. The van der Waals surface area contributed by atoms with Crippen molar-refractivity contribution in [3.05, 3.63) is 67.6 Å². The molecule has 3 aromatic rings. The van der Waals surface area contributed by atoms with Crippen molar-refractivity contribution in [1.82, 2.24) is 9.88 Å². The topological polar surface area (TPSA) is 118 Å². The third-order valence-corrected chi connectivity index (χ3v) is 12.9. The Morgan fingerprint density at radius 2 is 1.78 bits per heavy atom. The maximum Gasteiger partial charge on any atom is 0.305 e. The molecule has 13 heteroatoms. The zero-order valence-corrected chi connectivity index (χ0v) is 26.7. The summed E-state index contributed by atoms with van der Waals surface area (Å²) < 4.78 is 16.9. The van der Waals surface area contributed by atoms with E-state index in [0.717, 1.165) is 33.2 Å². The van der Waals surface area contributed by atoms with E-state index in [-0.39, 0.29) is 58.1 Å². The Morgan fingerprint density at radius 3 is 2.51 bits per heavy atom. The average molecular weight is 668 g/mol. The van der Waals surface area contributed by atoms with Gasteiger partial charge in [-0.15, -0.1) is 11.8 Å². The van der Waals surface area contributed by atoms with Crippen LogP contribution in [0.15, 0.2) is 52.3 Å². The predicted molar refractivity (Wildman–Crippen MR) is 168 cm³/mol. The summed E-state index contributed by atoms with van der Waals surface area (Å²) in [6.45, 7) is 1.90.